The van der Waals surface area contributed by atoms with Crippen LogP contribution in [0.4, 0.5) is 0 Å². The van der Waals surface area contributed by atoms with Gasteiger partial charge in [0.15, 0.2) is 0 Å². The van der Waals surface area contributed by atoms with E-state index in [-0.39, 0.29) is 16.5 Å². The van der Waals surface area contributed by atoms with Crippen LogP contribution in [-0.2, 0) is 14.8 Å². The molecule has 0 aliphatic carbocycles. The molecule has 110 valence electrons. The highest BCUT2D eigenvalue weighted by atomic mass is 79.9. The van der Waals surface area contributed by atoms with Crippen molar-refractivity contribution in [3.63, 3.8) is 0 Å². The molecule has 0 spiro atoms. The summed E-state index contributed by atoms with van der Waals surface area (Å²) in [5.41, 5.74) is 0.447. The van der Waals surface area contributed by atoms with Gasteiger partial charge in [-0.05, 0) is 31.0 Å². The summed E-state index contributed by atoms with van der Waals surface area (Å²) in [5, 5.41) is 9.11. The minimum atomic E-state index is -3.76. The summed E-state index contributed by atoms with van der Waals surface area (Å²) in [4.78, 5) is 11.1. The van der Waals surface area contributed by atoms with Crippen LogP contribution in [0.1, 0.15) is 22.3 Å². The molecule has 1 unspecified atom stereocenters. The molecule has 8 heteroatoms. The second kappa shape index (κ2) is 5.80. The fraction of sp³-hybridized carbons (Fsp3) is 0.417. The number of carboxylic acids is 1. The van der Waals surface area contributed by atoms with Crippen molar-refractivity contribution in [2.24, 2.45) is 0 Å². The van der Waals surface area contributed by atoms with Gasteiger partial charge in [-0.2, -0.15) is 0 Å². The Kier molecular flexibility index (Phi) is 4.48. The van der Waals surface area contributed by atoms with Gasteiger partial charge in [0.2, 0.25) is 10.0 Å². The molecule has 1 fully saturated rings. The summed E-state index contributed by atoms with van der Waals surface area (Å²) in [6, 6.07) is 2.30. The van der Waals surface area contributed by atoms with E-state index >= 15 is 0 Å². The maximum absolute atomic E-state index is 12.2. The van der Waals surface area contributed by atoms with Crippen molar-refractivity contribution < 1.29 is 23.1 Å². The minimum Gasteiger partial charge on any atom is -0.478 e. The van der Waals surface area contributed by atoms with Gasteiger partial charge in [0, 0.05) is 17.1 Å². The van der Waals surface area contributed by atoms with E-state index in [1.165, 1.54) is 12.1 Å². The predicted octanol–water partition coefficient (Wildman–Crippen LogP) is 1.52. The van der Waals surface area contributed by atoms with Gasteiger partial charge in [-0.3, -0.25) is 0 Å². The second-order valence-corrected chi connectivity index (χ2v) is 7.13. The van der Waals surface area contributed by atoms with E-state index in [2.05, 4.69) is 20.7 Å². The van der Waals surface area contributed by atoms with Crippen LogP contribution in [0, 0.1) is 6.92 Å². The largest absolute Gasteiger partial charge is 0.478 e. The van der Waals surface area contributed by atoms with Crippen molar-refractivity contribution in [1.82, 2.24) is 4.72 Å². The monoisotopic (exact) mass is 363 g/mol. The number of sulfonamides is 1. The molecule has 0 radical (unpaired) electrons. The molecular formula is C12H14BrNO5S. The molecule has 6 nitrogen and oxygen atoms in total. The molecule has 2 N–H and O–H groups in total. The van der Waals surface area contributed by atoms with E-state index in [9.17, 15) is 13.2 Å². The SMILES string of the molecule is Cc1c(Br)cc(S(=O)(=O)NC2CCOC2)cc1C(=O)O. The first-order valence-electron chi connectivity index (χ1n) is 5.95. The number of aromatic carboxylic acids is 1. The lowest BCUT2D eigenvalue weighted by Gasteiger charge is -2.13. The number of hydrogen-bond donors (Lipinski definition) is 2. The predicted molar refractivity (Wildman–Crippen MR) is 75.4 cm³/mol. The lowest BCUT2D eigenvalue weighted by molar-refractivity contribution is 0.0695. The van der Waals surface area contributed by atoms with E-state index < -0.39 is 16.0 Å². The van der Waals surface area contributed by atoms with Gasteiger partial charge in [0.1, 0.15) is 0 Å². The molecule has 1 aliphatic rings. The van der Waals surface area contributed by atoms with E-state index in [1.807, 2.05) is 0 Å². The molecule has 1 aromatic rings. The lowest BCUT2D eigenvalue weighted by atomic mass is 10.1. The summed E-state index contributed by atoms with van der Waals surface area (Å²) in [5.74, 6) is -1.16. The molecule has 20 heavy (non-hydrogen) atoms. The van der Waals surface area contributed by atoms with Crippen LogP contribution >= 0.6 is 15.9 Å². The average Bonchev–Trinajstić information content (AvgIpc) is 2.83. The van der Waals surface area contributed by atoms with Gasteiger partial charge in [-0.25, -0.2) is 17.9 Å². The topological polar surface area (TPSA) is 92.7 Å². The number of benzene rings is 1. The summed E-state index contributed by atoms with van der Waals surface area (Å²) < 4.78 is 32.6. The number of rotatable bonds is 4. The van der Waals surface area contributed by atoms with E-state index in [1.54, 1.807) is 6.92 Å². The Morgan fingerprint density at radius 3 is 2.75 bits per heavy atom. The zero-order valence-electron chi connectivity index (χ0n) is 10.7. The van der Waals surface area contributed by atoms with Gasteiger partial charge in [-0.1, -0.05) is 15.9 Å². The number of ether oxygens (including phenoxy) is 1. The number of carboxylic acid groups (broad SMARTS) is 1. The zero-order chi connectivity index (χ0) is 14.9. The quantitative estimate of drug-likeness (QED) is 0.845. The van der Waals surface area contributed by atoms with Crippen molar-refractivity contribution in [3.05, 3.63) is 27.7 Å². The van der Waals surface area contributed by atoms with Crippen molar-refractivity contribution in [2.45, 2.75) is 24.3 Å². The smallest absolute Gasteiger partial charge is 0.336 e. The highest BCUT2D eigenvalue weighted by Crippen LogP contribution is 2.25. The first-order valence-corrected chi connectivity index (χ1v) is 8.22. The average molecular weight is 364 g/mol. The van der Waals surface area contributed by atoms with Crippen LogP contribution in [0.3, 0.4) is 0 Å². The molecule has 1 atom stereocenters. The Balaban J connectivity index is 2.38. The second-order valence-electron chi connectivity index (χ2n) is 4.56. The number of carbonyl (C=O) groups is 1. The third-order valence-corrected chi connectivity index (χ3v) is 5.43. The third kappa shape index (κ3) is 3.20. The fourth-order valence-corrected chi connectivity index (χ4v) is 3.86. The van der Waals surface area contributed by atoms with Gasteiger partial charge in [-0.15, -0.1) is 0 Å². The molecule has 1 heterocycles. The van der Waals surface area contributed by atoms with Crippen molar-refractivity contribution in [1.29, 1.82) is 0 Å². The van der Waals surface area contributed by atoms with Crippen molar-refractivity contribution >= 4 is 31.9 Å². The maximum atomic E-state index is 12.2. The summed E-state index contributed by atoms with van der Waals surface area (Å²) in [7, 11) is -3.76. The fourth-order valence-electron chi connectivity index (χ4n) is 1.95. The number of nitrogens with one attached hydrogen (secondary N) is 1. The van der Waals surface area contributed by atoms with Crippen LogP contribution in [-0.4, -0.2) is 38.7 Å². The van der Waals surface area contributed by atoms with Crippen LogP contribution in [0.25, 0.3) is 0 Å². The van der Waals surface area contributed by atoms with Gasteiger partial charge >= 0.3 is 5.97 Å². The molecular weight excluding hydrogens is 350 g/mol. The first kappa shape index (κ1) is 15.4. The molecule has 1 saturated heterocycles. The Morgan fingerprint density at radius 2 is 2.20 bits per heavy atom. The van der Waals surface area contributed by atoms with Crippen LogP contribution in [0.5, 0.6) is 0 Å². The Morgan fingerprint density at radius 1 is 1.50 bits per heavy atom. The summed E-state index contributed by atoms with van der Waals surface area (Å²) in [6.45, 7) is 2.46. The van der Waals surface area contributed by atoms with E-state index in [0.717, 1.165) is 0 Å². The molecule has 1 aliphatic heterocycles. The van der Waals surface area contributed by atoms with Crippen LogP contribution < -0.4 is 4.72 Å². The maximum Gasteiger partial charge on any atom is 0.336 e. The molecule has 0 aromatic heterocycles. The van der Waals surface area contributed by atoms with Gasteiger partial charge in [0.05, 0.1) is 17.1 Å². The Bertz CT molecular complexity index is 637. The van der Waals surface area contributed by atoms with Gasteiger partial charge in [0.25, 0.3) is 0 Å². The van der Waals surface area contributed by atoms with Gasteiger partial charge < -0.3 is 9.84 Å². The molecule has 1 aromatic carbocycles. The van der Waals surface area contributed by atoms with Crippen molar-refractivity contribution in [3.8, 4) is 0 Å². The minimum absolute atomic E-state index is 0.0394. The highest BCUT2D eigenvalue weighted by molar-refractivity contribution is 9.10. The molecule has 2 rings (SSSR count). The molecule has 0 amide bonds. The normalized spacial score (nSPS) is 19.2. The van der Waals surface area contributed by atoms with Crippen LogP contribution in [0.2, 0.25) is 0 Å². The first-order chi connectivity index (χ1) is 9.31. The third-order valence-electron chi connectivity index (χ3n) is 3.11. The Hall–Kier alpha value is -0.960. The standard InChI is InChI=1S/C12H14BrNO5S/c1-7-10(12(15)16)4-9(5-11(7)13)20(17,18)14-8-2-3-19-6-8/h4-5,8,14H,2-3,6H2,1H3,(H,15,16). The van der Waals surface area contributed by atoms with Crippen LogP contribution in [0.15, 0.2) is 21.5 Å². The number of hydrogen-bond acceptors (Lipinski definition) is 4. The molecule has 0 bridgehead atoms. The number of halogens is 1. The molecule has 0 saturated carbocycles. The highest BCUT2D eigenvalue weighted by Gasteiger charge is 2.25. The lowest BCUT2D eigenvalue weighted by Crippen LogP contribution is -2.35. The zero-order valence-corrected chi connectivity index (χ0v) is 13.1. The van der Waals surface area contributed by atoms with E-state index in [0.29, 0.717) is 29.7 Å². The van der Waals surface area contributed by atoms with Crippen molar-refractivity contribution in [2.75, 3.05) is 13.2 Å². The summed E-state index contributed by atoms with van der Waals surface area (Å²) >= 11 is 3.19. The van der Waals surface area contributed by atoms with E-state index in [4.69, 9.17) is 9.84 Å². The summed E-state index contributed by atoms with van der Waals surface area (Å²) in [6.07, 6.45) is 0.609. The Labute approximate surface area is 125 Å².